The lowest BCUT2D eigenvalue weighted by atomic mass is 9.80. The second kappa shape index (κ2) is 2.46. The molecule has 1 aliphatic heterocycles. The van der Waals surface area contributed by atoms with Gasteiger partial charge in [0.1, 0.15) is 0 Å². The highest BCUT2D eigenvalue weighted by molar-refractivity contribution is 5.40. The average molecular weight is 161 g/mol. The molecule has 0 aromatic heterocycles. The molecular weight excluding hydrogens is 146 g/mol. The van der Waals surface area contributed by atoms with E-state index in [1.165, 1.54) is 32.2 Å². The zero-order valence-electron chi connectivity index (χ0n) is 7.34. The molecule has 1 heterocycles. The molecule has 2 unspecified atom stereocenters. The number of allylic oxidation sites excluding steroid dienone is 3. The van der Waals surface area contributed by atoms with Crippen molar-refractivity contribution >= 4 is 0 Å². The van der Waals surface area contributed by atoms with E-state index >= 15 is 0 Å². The minimum Gasteiger partial charge on any atom is -0.313 e. The largest absolute Gasteiger partial charge is 0.313 e. The summed E-state index contributed by atoms with van der Waals surface area (Å²) >= 11 is 0. The second-order valence-electron chi connectivity index (χ2n) is 4.21. The van der Waals surface area contributed by atoms with Crippen LogP contribution in [0.15, 0.2) is 23.3 Å². The zero-order valence-corrected chi connectivity index (χ0v) is 7.34. The highest BCUT2D eigenvalue weighted by atomic mass is 15.0. The van der Waals surface area contributed by atoms with E-state index in [0.29, 0.717) is 0 Å². The Kier molecular flexibility index (Phi) is 1.42. The lowest BCUT2D eigenvalue weighted by molar-refractivity contribution is 0.417. The Morgan fingerprint density at radius 2 is 2.00 bits per heavy atom. The van der Waals surface area contributed by atoms with Gasteiger partial charge in [0.25, 0.3) is 0 Å². The van der Waals surface area contributed by atoms with E-state index in [-0.39, 0.29) is 0 Å². The van der Waals surface area contributed by atoms with Crippen LogP contribution in [0.25, 0.3) is 0 Å². The molecule has 12 heavy (non-hydrogen) atoms. The van der Waals surface area contributed by atoms with Crippen molar-refractivity contribution in [3.05, 3.63) is 23.3 Å². The lowest BCUT2D eigenvalue weighted by Crippen LogP contribution is -2.30. The molecule has 1 nitrogen and oxygen atoms in total. The molecular formula is C11H15N. The third-order valence-corrected chi connectivity index (χ3v) is 3.55. The van der Waals surface area contributed by atoms with Crippen molar-refractivity contribution in [3.63, 3.8) is 0 Å². The van der Waals surface area contributed by atoms with E-state index in [0.717, 1.165) is 12.0 Å². The van der Waals surface area contributed by atoms with Gasteiger partial charge in [-0.1, -0.05) is 12.2 Å². The summed E-state index contributed by atoms with van der Waals surface area (Å²) in [5, 5.41) is 3.60. The Hall–Kier alpha value is -0.560. The summed E-state index contributed by atoms with van der Waals surface area (Å²) in [6.45, 7) is 1.25. The molecule has 1 heteroatoms. The monoisotopic (exact) mass is 161 g/mol. The summed E-state index contributed by atoms with van der Waals surface area (Å²) < 4.78 is 0. The molecule has 3 aliphatic rings. The number of nitrogens with one attached hydrogen (secondary N) is 1. The van der Waals surface area contributed by atoms with E-state index in [4.69, 9.17) is 0 Å². The van der Waals surface area contributed by atoms with Gasteiger partial charge in [-0.25, -0.2) is 0 Å². The Bertz CT molecular complexity index is 236. The van der Waals surface area contributed by atoms with Crippen LogP contribution < -0.4 is 5.32 Å². The number of hydrogen-bond donors (Lipinski definition) is 1. The molecule has 1 saturated heterocycles. The summed E-state index contributed by atoms with van der Waals surface area (Å²) in [6.07, 6.45) is 10.1. The summed E-state index contributed by atoms with van der Waals surface area (Å²) in [5.41, 5.74) is 3.31. The topological polar surface area (TPSA) is 12.0 Å². The minimum absolute atomic E-state index is 0.812. The fraction of sp³-hybridized carbons (Fsp3) is 0.636. The fourth-order valence-electron chi connectivity index (χ4n) is 2.86. The van der Waals surface area contributed by atoms with Gasteiger partial charge in [0.2, 0.25) is 0 Å². The summed E-state index contributed by atoms with van der Waals surface area (Å²) in [4.78, 5) is 0. The first-order valence-electron chi connectivity index (χ1n) is 5.05. The smallest absolute Gasteiger partial charge is 0.0139 e. The van der Waals surface area contributed by atoms with E-state index in [1.807, 2.05) is 0 Å². The van der Waals surface area contributed by atoms with Crippen LogP contribution in [0.4, 0.5) is 0 Å². The molecule has 0 amide bonds. The summed E-state index contributed by atoms with van der Waals surface area (Å²) in [6, 6.07) is 0.812. The highest BCUT2D eigenvalue weighted by Gasteiger charge is 2.33. The maximum Gasteiger partial charge on any atom is 0.0139 e. The SMILES string of the molecule is C1=C2CC3CCNC3CC2=CC1. The lowest BCUT2D eigenvalue weighted by Gasteiger charge is -2.28. The quantitative estimate of drug-likeness (QED) is 0.573. The first-order chi connectivity index (χ1) is 5.93. The molecule has 1 saturated carbocycles. The molecule has 0 aromatic rings. The molecule has 0 bridgehead atoms. The van der Waals surface area contributed by atoms with Crippen molar-refractivity contribution in [2.75, 3.05) is 6.54 Å². The van der Waals surface area contributed by atoms with Crippen LogP contribution in [0.5, 0.6) is 0 Å². The third-order valence-electron chi connectivity index (χ3n) is 3.55. The predicted molar refractivity (Wildman–Crippen MR) is 49.9 cm³/mol. The molecule has 0 radical (unpaired) electrons. The van der Waals surface area contributed by atoms with Crippen molar-refractivity contribution < 1.29 is 0 Å². The van der Waals surface area contributed by atoms with Gasteiger partial charge in [0, 0.05) is 6.04 Å². The molecule has 2 fully saturated rings. The Morgan fingerprint density at radius 1 is 1.17 bits per heavy atom. The molecule has 0 spiro atoms. The normalized spacial score (nSPS) is 38.7. The number of hydrogen-bond acceptors (Lipinski definition) is 1. The Labute approximate surface area is 73.5 Å². The highest BCUT2D eigenvalue weighted by Crippen LogP contribution is 2.39. The van der Waals surface area contributed by atoms with Crippen LogP contribution in [-0.2, 0) is 0 Å². The third kappa shape index (κ3) is 0.893. The predicted octanol–water partition coefficient (Wildman–Crippen LogP) is 2.01. The molecule has 64 valence electrons. The zero-order chi connectivity index (χ0) is 7.97. The van der Waals surface area contributed by atoms with Gasteiger partial charge in [-0.05, 0) is 49.3 Å². The van der Waals surface area contributed by atoms with Gasteiger partial charge >= 0.3 is 0 Å². The fourth-order valence-corrected chi connectivity index (χ4v) is 2.86. The van der Waals surface area contributed by atoms with Gasteiger partial charge in [-0.3, -0.25) is 0 Å². The van der Waals surface area contributed by atoms with Crippen LogP contribution in [0.3, 0.4) is 0 Å². The van der Waals surface area contributed by atoms with Gasteiger partial charge in [-0.2, -0.15) is 0 Å². The van der Waals surface area contributed by atoms with Gasteiger partial charge < -0.3 is 5.32 Å². The van der Waals surface area contributed by atoms with Crippen molar-refractivity contribution in [2.45, 2.75) is 31.7 Å². The number of rotatable bonds is 0. The van der Waals surface area contributed by atoms with Crippen molar-refractivity contribution in [3.8, 4) is 0 Å². The maximum absolute atomic E-state index is 3.60. The van der Waals surface area contributed by atoms with Gasteiger partial charge in [-0.15, -0.1) is 0 Å². The Balaban J connectivity index is 1.88. The van der Waals surface area contributed by atoms with Crippen molar-refractivity contribution in [2.24, 2.45) is 5.92 Å². The minimum atomic E-state index is 0.812. The molecule has 2 atom stereocenters. The molecule has 3 rings (SSSR count). The first-order valence-corrected chi connectivity index (χ1v) is 5.05. The standard InChI is InChI=1S/C11H15N/c1-2-8-6-10-4-5-12-11(10)7-9(8)3-1/h2-3,10-12H,1,4-7H2. The van der Waals surface area contributed by atoms with E-state index in [2.05, 4.69) is 17.5 Å². The molecule has 1 N–H and O–H groups in total. The second-order valence-corrected chi connectivity index (χ2v) is 4.21. The van der Waals surface area contributed by atoms with Crippen LogP contribution in [0, 0.1) is 5.92 Å². The molecule has 2 aliphatic carbocycles. The molecule has 0 aromatic carbocycles. The number of fused-ring (bicyclic) bond motifs is 2. The van der Waals surface area contributed by atoms with Crippen molar-refractivity contribution in [1.82, 2.24) is 5.32 Å². The first kappa shape index (κ1) is 6.90. The van der Waals surface area contributed by atoms with Crippen LogP contribution in [0.1, 0.15) is 25.7 Å². The average Bonchev–Trinajstić information content (AvgIpc) is 2.64. The summed E-state index contributed by atoms with van der Waals surface area (Å²) in [7, 11) is 0. The van der Waals surface area contributed by atoms with Crippen LogP contribution in [-0.4, -0.2) is 12.6 Å². The maximum atomic E-state index is 3.60. The summed E-state index contributed by atoms with van der Waals surface area (Å²) in [5.74, 6) is 0.950. The van der Waals surface area contributed by atoms with E-state index in [9.17, 15) is 0 Å². The van der Waals surface area contributed by atoms with Gasteiger partial charge in [0.15, 0.2) is 0 Å². The van der Waals surface area contributed by atoms with Crippen LogP contribution >= 0.6 is 0 Å². The van der Waals surface area contributed by atoms with Crippen molar-refractivity contribution in [1.29, 1.82) is 0 Å². The van der Waals surface area contributed by atoms with E-state index < -0.39 is 0 Å². The van der Waals surface area contributed by atoms with Gasteiger partial charge in [0.05, 0.1) is 0 Å². The van der Waals surface area contributed by atoms with E-state index in [1.54, 1.807) is 11.1 Å². The van der Waals surface area contributed by atoms with Crippen LogP contribution in [0.2, 0.25) is 0 Å². The Morgan fingerprint density at radius 3 is 2.92 bits per heavy atom.